The zero-order valence-electron chi connectivity index (χ0n) is 15.8. The lowest BCUT2D eigenvalue weighted by molar-refractivity contribution is 0.198. The summed E-state index contributed by atoms with van der Waals surface area (Å²) in [5.74, 6) is 2.90. The molecule has 2 aliphatic rings. The maximum Gasteiger partial charge on any atom is 0.147 e. The highest BCUT2D eigenvalue weighted by Gasteiger charge is 2.26. The molecule has 0 amide bonds. The van der Waals surface area contributed by atoms with Gasteiger partial charge in [0, 0.05) is 25.2 Å². The lowest BCUT2D eigenvalue weighted by Gasteiger charge is -2.31. The Morgan fingerprint density at radius 1 is 0.962 bits per heavy atom. The Hall–Kier alpha value is -1.79. The zero-order chi connectivity index (χ0) is 17.8. The molecular formula is C20H30N6. The van der Waals surface area contributed by atoms with E-state index in [0.717, 1.165) is 57.1 Å². The third kappa shape index (κ3) is 3.96. The highest BCUT2D eigenvalue weighted by molar-refractivity contribution is 5.06. The molecule has 2 fully saturated rings. The van der Waals surface area contributed by atoms with Gasteiger partial charge in [-0.05, 0) is 70.9 Å². The molecule has 4 heterocycles. The number of piperidine rings is 1. The summed E-state index contributed by atoms with van der Waals surface area (Å²) in [7, 11) is 0. The Balaban J connectivity index is 1.37. The molecule has 140 valence electrons. The van der Waals surface area contributed by atoms with Gasteiger partial charge in [-0.25, -0.2) is 0 Å². The largest absolute Gasteiger partial charge is 0.314 e. The Morgan fingerprint density at radius 3 is 2.42 bits per heavy atom. The van der Waals surface area contributed by atoms with Crippen LogP contribution in [0.5, 0.6) is 0 Å². The molecule has 6 heteroatoms. The quantitative estimate of drug-likeness (QED) is 0.798. The van der Waals surface area contributed by atoms with Crippen molar-refractivity contribution in [1.82, 2.24) is 29.5 Å². The van der Waals surface area contributed by atoms with E-state index in [-0.39, 0.29) is 0 Å². The predicted molar refractivity (Wildman–Crippen MR) is 102 cm³/mol. The molecule has 0 radical (unpaired) electrons. The van der Waals surface area contributed by atoms with Crippen LogP contribution in [0, 0.1) is 0 Å². The fraction of sp³-hybridized carbons (Fsp3) is 0.650. The first-order valence-corrected chi connectivity index (χ1v) is 10.1. The average molecular weight is 355 g/mol. The first kappa shape index (κ1) is 17.6. The van der Waals surface area contributed by atoms with Crippen molar-refractivity contribution in [3.05, 3.63) is 41.7 Å². The molecule has 0 saturated carbocycles. The molecule has 0 atom stereocenters. The molecule has 2 saturated heterocycles. The van der Waals surface area contributed by atoms with E-state index >= 15 is 0 Å². The summed E-state index contributed by atoms with van der Waals surface area (Å²) in [6, 6.07) is 6.16. The van der Waals surface area contributed by atoms with Gasteiger partial charge in [0.2, 0.25) is 0 Å². The van der Waals surface area contributed by atoms with Crippen LogP contribution in [0.3, 0.4) is 0 Å². The van der Waals surface area contributed by atoms with E-state index < -0.39 is 0 Å². The highest BCUT2D eigenvalue weighted by Crippen LogP contribution is 2.28. The molecule has 0 bridgehead atoms. The van der Waals surface area contributed by atoms with E-state index in [2.05, 4.69) is 48.6 Å². The third-order valence-corrected chi connectivity index (χ3v) is 5.80. The molecule has 2 aliphatic heterocycles. The van der Waals surface area contributed by atoms with E-state index in [1.165, 1.54) is 31.8 Å². The lowest BCUT2D eigenvalue weighted by atomic mass is 9.95. The van der Waals surface area contributed by atoms with Gasteiger partial charge in [0.05, 0.1) is 12.2 Å². The number of rotatable bonds is 6. The minimum absolute atomic E-state index is 0.537. The van der Waals surface area contributed by atoms with Crippen LogP contribution >= 0.6 is 0 Å². The monoisotopic (exact) mass is 354 g/mol. The SMILES string of the molecule is CCn1c(CN2CCCC2)nnc1C1CCN(Cc2ccccn2)CC1. The summed E-state index contributed by atoms with van der Waals surface area (Å²) in [6.07, 6.45) is 6.85. The molecular weight excluding hydrogens is 324 g/mol. The zero-order valence-corrected chi connectivity index (χ0v) is 15.8. The second-order valence-electron chi connectivity index (χ2n) is 7.57. The smallest absolute Gasteiger partial charge is 0.147 e. The second-order valence-corrected chi connectivity index (χ2v) is 7.57. The van der Waals surface area contributed by atoms with Crippen molar-refractivity contribution in [3.63, 3.8) is 0 Å². The van der Waals surface area contributed by atoms with E-state index in [1.807, 2.05) is 12.3 Å². The van der Waals surface area contributed by atoms with Crippen LogP contribution in [0.25, 0.3) is 0 Å². The van der Waals surface area contributed by atoms with Crippen molar-refractivity contribution in [2.24, 2.45) is 0 Å². The van der Waals surface area contributed by atoms with E-state index in [0.29, 0.717) is 5.92 Å². The van der Waals surface area contributed by atoms with Crippen molar-refractivity contribution in [3.8, 4) is 0 Å². The highest BCUT2D eigenvalue weighted by atomic mass is 15.3. The van der Waals surface area contributed by atoms with Crippen molar-refractivity contribution < 1.29 is 0 Å². The minimum atomic E-state index is 0.537. The average Bonchev–Trinajstić information content (AvgIpc) is 3.33. The second kappa shape index (κ2) is 8.27. The minimum Gasteiger partial charge on any atom is -0.314 e. The molecule has 2 aromatic rings. The Kier molecular flexibility index (Phi) is 5.60. The van der Waals surface area contributed by atoms with Crippen molar-refractivity contribution in [1.29, 1.82) is 0 Å². The van der Waals surface area contributed by atoms with Gasteiger partial charge in [0.1, 0.15) is 11.6 Å². The lowest BCUT2D eigenvalue weighted by Crippen LogP contribution is -2.33. The molecule has 0 unspecified atom stereocenters. The van der Waals surface area contributed by atoms with Crippen LogP contribution in [0.2, 0.25) is 0 Å². The summed E-state index contributed by atoms with van der Waals surface area (Å²) < 4.78 is 2.37. The molecule has 0 aromatic carbocycles. The van der Waals surface area contributed by atoms with Gasteiger partial charge in [0.15, 0.2) is 0 Å². The topological polar surface area (TPSA) is 50.1 Å². The van der Waals surface area contributed by atoms with Gasteiger partial charge in [0.25, 0.3) is 0 Å². The van der Waals surface area contributed by atoms with Gasteiger partial charge in [-0.1, -0.05) is 6.07 Å². The van der Waals surface area contributed by atoms with Crippen LogP contribution in [0.1, 0.15) is 55.9 Å². The summed E-state index contributed by atoms with van der Waals surface area (Å²) in [4.78, 5) is 9.48. The Morgan fingerprint density at radius 2 is 1.73 bits per heavy atom. The van der Waals surface area contributed by atoms with Crippen molar-refractivity contribution in [2.75, 3.05) is 26.2 Å². The van der Waals surface area contributed by atoms with Gasteiger partial charge in [-0.2, -0.15) is 0 Å². The summed E-state index contributed by atoms with van der Waals surface area (Å²) in [6.45, 7) is 9.73. The van der Waals surface area contributed by atoms with Gasteiger partial charge < -0.3 is 4.57 Å². The Labute approximate surface area is 156 Å². The molecule has 26 heavy (non-hydrogen) atoms. The molecule has 6 nitrogen and oxygen atoms in total. The third-order valence-electron chi connectivity index (χ3n) is 5.80. The molecule has 0 N–H and O–H groups in total. The maximum atomic E-state index is 4.62. The van der Waals surface area contributed by atoms with Gasteiger partial charge in [-0.3, -0.25) is 14.8 Å². The van der Waals surface area contributed by atoms with Crippen LogP contribution in [-0.4, -0.2) is 55.7 Å². The number of likely N-dealkylation sites (tertiary alicyclic amines) is 2. The number of hydrogen-bond donors (Lipinski definition) is 0. The summed E-state index contributed by atoms with van der Waals surface area (Å²) in [5, 5.41) is 9.18. The molecule has 4 rings (SSSR count). The number of hydrogen-bond acceptors (Lipinski definition) is 5. The van der Waals surface area contributed by atoms with Crippen LogP contribution in [-0.2, 0) is 19.6 Å². The van der Waals surface area contributed by atoms with E-state index in [4.69, 9.17) is 0 Å². The van der Waals surface area contributed by atoms with Crippen LogP contribution in [0.15, 0.2) is 24.4 Å². The van der Waals surface area contributed by atoms with Crippen molar-refractivity contribution in [2.45, 2.75) is 58.2 Å². The molecule has 0 spiro atoms. The number of nitrogens with zero attached hydrogens (tertiary/aromatic N) is 6. The first-order valence-electron chi connectivity index (χ1n) is 10.1. The fourth-order valence-electron chi connectivity index (χ4n) is 4.32. The fourth-order valence-corrected chi connectivity index (χ4v) is 4.32. The molecule has 0 aliphatic carbocycles. The maximum absolute atomic E-state index is 4.62. The number of aromatic nitrogens is 4. The van der Waals surface area contributed by atoms with Crippen LogP contribution < -0.4 is 0 Å². The first-order chi connectivity index (χ1) is 12.8. The number of pyridine rings is 1. The Bertz CT molecular complexity index is 684. The van der Waals surface area contributed by atoms with Crippen molar-refractivity contribution >= 4 is 0 Å². The standard InChI is InChI=1S/C20H30N6/c1-2-26-19(16-24-11-5-6-12-24)22-23-20(26)17-8-13-25(14-9-17)15-18-7-3-4-10-21-18/h3-4,7,10,17H,2,5-6,8-9,11-16H2,1H3. The van der Waals surface area contributed by atoms with Crippen LogP contribution in [0.4, 0.5) is 0 Å². The van der Waals surface area contributed by atoms with E-state index in [1.54, 1.807) is 0 Å². The van der Waals surface area contributed by atoms with Gasteiger partial charge >= 0.3 is 0 Å². The predicted octanol–water partition coefficient (Wildman–Crippen LogP) is 2.67. The van der Waals surface area contributed by atoms with E-state index in [9.17, 15) is 0 Å². The normalized spacial score (nSPS) is 20.0. The summed E-state index contributed by atoms with van der Waals surface area (Å²) >= 11 is 0. The van der Waals surface area contributed by atoms with Gasteiger partial charge in [-0.15, -0.1) is 10.2 Å². The summed E-state index contributed by atoms with van der Waals surface area (Å²) in [5.41, 5.74) is 1.16. The molecule has 2 aromatic heterocycles.